The molecule has 1 heterocycles. The zero-order chi connectivity index (χ0) is 13.0. The average Bonchev–Trinajstić information content (AvgIpc) is 2.79. The lowest BCUT2D eigenvalue weighted by molar-refractivity contribution is 0.714. The van der Waals surface area contributed by atoms with Crippen LogP contribution in [-0.4, -0.2) is 15.0 Å². The molecule has 1 aromatic heterocycles. The number of halogens is 1. The summed E-state index contributed by atoms with van der Waals surface area (Å²) in [5, 5.41) is 8.38. The minimum absolute atomic E-state index is 0.438. The normalized spacial score (nSPS) is 10.8. The number of nitrogens with two attached hydrogens (primary N) is 1. The Labute approximate surface area is 115 Å². The molecule has 0 saturated heterocycles. The Hall–Kier alpha value is -1.20. The minimum Gasteiger partial charge on any atom is -0.325 e. The van der Waals surface area contributed by atoms with Gasteiger partial charge in [-0.3, -0.25) is 0 Å². The fourth-order valence-corrected chi connectivity index (χ4v) is 2.29. The van der Waals surface area contributed by atoms with Gasteiger partial charge >= 0.3 is 0 Å². The van der Waals surface area contributed by atoms with Gasteiger partial charge in [0.2, 0.25) is 0 Å². The number of hydrogen-bond donors (Lipinski definition) is 1. The van der Waals surface area contributed by atoms with Crippen LogP contribution in [0.25, 0.3) is 5.69 Å². The third-order valence-corrected chi connectivity index (χ3v) is 3.35. The van der Waals surface area contributed by atoms with Gasteiger partial charge in [0.05, 0.1) is 17.1 Å². The average molecular weight is 309 g/mol. The Morgan fingerprint density at radius 3 is 2.89 bits per heavy atom. The van der Waals surface area contributed by atoms with Crippen molar-refractivity contribution in [3.8, 4) is 5.69 Å². The van der Waals surface area contributed by atoms with Gasteiger partial charge in [-0.2, -0.15) is 0 Å². The van der Waals surface area contributed by atoms with E-state index < -0.39 is 0 Å². The van der Waals surface area contributed by atoms with E-state index in [1.807, 2.05) is 28.9 Å². The molecule has 5 heteroatoms. The first-order chi connectivity index (χ1) is 8.76. The maximum absolute atomic E-state index is 5.72. The predicted octanol–water partition coefficient (Wildman–Crippen LogP) is 2.83. The molecule has 0 fully saturated rings. The van der Waals surface area contributed by atoms with Crippen molar-refractivity contribution in [3.05, 3.63) is 40.1 Å². The van der Waals surface area contributed by atoms with Gasteiger partial charge < -0.3 is 5.73 Å². The second kappa shape index (κ2) is 6.11. The molecule has 0 atom stereocenters. The molecule has 2 N–H and O–H groups in total. The first kappa shape index (κ1) is 13.2. The van der Waals surface area contributed by atoms with Gasteiger partial charge in [0, 0.05) is 11.0 Å². The van der Waals surface area contributed by atoms with E-state index in [9.17, 15) is 0 Å². The Morgan fingerprint density at radius 2 is 2.22 bits per heavy atom. The fourth-order valence-electron chi connectivity index (χ4n) is 1.90. The van der Waals surface area contributed by atoms with Crippen molar-refractivity contribution in [2.45, 2.75) is 32.7 Å². The van der Waals surface area contributed by atoms with E-state index in [0.717, 1.165) is 40.8 Å². The highest BCUT2D eigenvalue weighted by Crippen LogP contribution is 2.18. The molecule has 1 aromatic carbocycles. The molecule has 2 rings (SSSR count). The van der Waals surface area contributed by atoms with Crippen molar-refractivity contribution in [1.82, 2.24) is 15.0 Å². The molecule has 0 aliphatic rings. The van der Waals surface area contributed by atoms with Crippen LogP contribution in [0.4, 0.5) is 0 Å². The lowest BCUT2D eigenvalue weighted by atomic mass is 10.1. The van der Waals surface area contributed by atoms with E-state index in [-0.39, 0.29) is 0 Å². The second-order valence-electron chi connectivity index (χ2n) is 4.18. The van der Waals surface area contributed by atoms with E-state index >= 15 is 0 Å². The summed E-state index contributed by atoms with van der Waals surface area (Å²) < 4.78 is 2.93. The van der Waals surface area contributed by atoms with Crippen LogP contribution in [0.15, 0.2) is 28.7 Å². The van der Waals surface area contributed by atoms with E-state index in [0.29, 0.717) is 6.54 Å². The lowest BCUT2D eigenvalue weighted by Gasteiger charge is -2.07. The molecular formula is C13H17BrN4. The van der Waals surface area contributed by atoms with Crippen LogP contribution in [0.1, 0.15) is 31.2 Å². The Morgan fingerprint density at radius 1 is 1.39 bits per heavy atom. The number of hydrogen-bond acceptors (Lipinski definition) is 3. The van der Waals surface area contributed by atoms with Crippen molar-refractivity contribution in [3.63, 3.8) is 0 Å². The smallest absolute Gasteiger partial charge is 0.0999 e. The molecular weight excluding hydrogens is 292 g/mol. The van der Waals surface area contributed by atoms with Crippen molar-refractivity contribution in [2.24, 2.45) is 5.73 Å². The molecule has 0 unspecified atom stereocenters. The summed E-state index contributed by atoms with van der Waals surface area (Å²) in [5.41, 5.74) is 8.75. The van der Waals surface area contributed by atoms with Crippen LogP contribution in [-0.2, 0) is 13.0 Å². The Bertz CT molecular complexity index is 521. The van der Waals surface area contributed by atoms with Crippen LogP contribution in [0.3, 0.4) is 0 Å². The van der Waals surface area contributed by atoms with E-state index in [2.05, 4.69) is 33.2 Å². The summed E-state index contributed by atoms with van der Waals surface area (Å²) in [6, 6.07) is 8.04. The van der Waals surface area contributed by atoms with E-state index in [4.69, 9.17) is 5.73 Å². The van der Waals surface area contributed by atoms with E-state index in [1.165, 1.54) is 0 Å². The molecule has 0 saturated carbocycles. The van der Waals surface area contributed by atoms with Crippen LogP contribution < -0.4 is 5.73 Å². The maximum Gasteiger partial charge on any atom is 0.0999 e. The Balaban J connectivity index is 2.40. The summed E-state index contributed by atoms with van der Waals surface area (Å²) in [6.07, 6.45) is 3.23. The molecule has 0 aliphatic heterocycles. The summed E-state index contributed by atoms with van der Waals surface area (Å²) in [5.74, 6) is 0. The lowest BCUT2D eigenvalue weighted by Crippen LogP contribution is -2.06. The Kier molecular flexibility index (Phi) is 4.49. The van der Waals surface area contributed by atoms with Crippen LogP contribution in [0.5, 0.6) is 0 Å². The number of unbranched alkanes of at least 4 members (excludes halogenated alkanes) is 1. The number of nitrogens with zero attached hydrogens (tertiary/aromatic N) is 3. The van der Waals surface area contributed by atoms with Gasteiger partial charge in [-0.15, -0.1) is 5.10 Å². The predicted molar refractivity (Wildman–Crippen MR) is 75.6 cm³/mol. The molecule has 4 nitrogen and oxygen atoms in total. The largest absolute Gasteiger partial charge is 0.325 e. The molecule has 96 valence electrons. The highest BCUT2D eigenvalue weighted by molar-refractivity contribution is 9.10. The van der Waals surface area contributed by atoms with Crippen LogP contribution in [0.2, 0.25) is 0 Å². The quantitative estimate of drug-likeness (QED) is 0.924. The fraction of sp³-hybridized carbons (Fsp3) is 0.385. The SMILES string of the molecule is CCCCc1c(CN)nnn1-c1cccc(Br)c1. The highest BCUT2D eigenvalue weighted by Gasteiger charge is 2.12. The second-order valence-corrected chi connectivity index (χ2v) is 5.10. The number of aromatic nitrogens is 3. The van der Waals surface area contributed by atoms with Crippen LogP contribution in [0, 0.1) is 0 Å². The van der Waals surface area contributed by atoms with Gasteiger partial charge in [-0.25, -0.2) is 4.68 Å². The van der Waals surface area contributed by atoms with Gasteiger partial charge in [0.15, 0.2) is 0 Å². The number of rotatable bonds is 5. The molecule has 0 spiro atoms. The van der Waals surface area contributed by atoms with Gasteiger partial charge in [-0.05, 0) is 31.0 Å². The summed E-state index contributed by atoms with van der Waals surface area (Å²) in [6.45, 7) is 2.61. The third-order valence-electron chi connectivity index (χ3n) is 2.86. The van der Waals surface area contributed by atoms with Crippen LogP contribution >= 0.6 is 15.9 Å². The van der Waals surface area contributed by atoms with Gasteiger partial charge in [-0.1, -0.05) is 40.6 Å². The molecule has 0 amide bonds. The first-order valence-electron chi connectivity index (χ1n) is 6.15. The van der Waals surface area contributed by atoms with Crippen molar-refractivity contribution in [1.29, 1.82) is 0 Å². The molecule has 0 radical (unpaired) electrons. The molecule has 0 bridgehead atoms. The molecule has 2 aromatic rings. The zero-order valence-electron chi connectivity index (χ0n) is 10.4. The molecule has 18 heavy (non-hydrogen) atoms. The monoisotopic (exact) mass is 308 g/mol. The topological polar surface area (TPSA) is 56.7 Å². The van der Waals surface area contributed by atoms with Gasteiger partial charge in [0.1, 0.15) is 0 Å². The summed E-state index contributed by atoms with van der Waals surface area (Å²) in [4.78, 5) is 0. The number of benzene rings is 1. The van der Waals surface area contributed by atoms with Crippen molar-refractivity contribution >= 4 is 15.9 Å². The highest BCUT2D eigenvalue weighted by atomic mass is 79.9. The summed E-state index contributed by atoms with van der Waals surface area (Å²) in [7, 11) is 0. The minimum atomic E-state index is 0.438. The zero-order valence-corrected chi connectivity index (χ0v) is 12.0. The molecule has 0 aliphatic carbocycles. The summed E-state index contributed by atoms with van der Waals surface area (Å²) >= 11 is 3.47. The first-order valence-corrected chi connectivity index (χ1v) is 6.95. The van der Waals surface area contributed by atoms with Crippen molar-refractivity contribution in [2.75, 3.05) is 0 Å². The maximum atomic E-state index is 5.72. The third kappa shape index (κ3) is 2.79. The van der Waals surface area contributed by atoms with Crippen molar-refractivity contribution < 1.29 is 0 Å². The van der Waals surface area contributed by atoms with E-state index in [1.54, 1.807) is 0 Å². The standard InChI is InChI=1S/C13H17BrN4/c1-2-3-7-13-12(9-15)16-17-18(13)11-6-4-5-10(14)8-11/h4-6,8H,2-3,7,9,15H2,1H3. The van der Waals surface area contributed by atoms with Gasteiger partial charge in [0.25, 0.3) is 0 Å².